The molecule has 2 N–H and O–H groups in total. The summed E-state index contributed by atoms with van der Waals surface area (Å²) in [5, 5.41) is 12.7. The minimum Gasteiger partial charge on any atom is -0.493 e. The summed E-state index contributed by atoms with van der Waals surface area (Å²) in [7, 11) is 0. The van der Waals surface area contributed by atoms with Gasteiger partial charge in [0.25, 0.3) is 0 Å². The van der Waals surface area contributed by atoms with Crippen LogP contribution in [-0.2, 0) is 10.2 Å². The van der Waals surface area contributed by atoms with Crippen molar-refractivity contribution in [3.8, 4) is 5.75 Å². The van der Waals surface area contributed by atoms with E-state index in [1.807, 2.05) is 38.1 Å². The van der Waals surface area contributed by atoms with Crippen molar-refractivity contribution in [1.82, 2.24) is 5.32 Å². The standard InChI is InChI=1S/C20H31NO3/c1-14(2)13-24-18-11-5-15(6-12-18)20(3,4)19(23)21-16-7-9-17(22)10-8-16/h5-6,11-12,14,16-17,22H,7-10,13H2,1-4H3,(H,21,23). The van der Waals surface area contributed by atoms with E-state index in [0.717, 1.165) is 37.0 Å². The normalized spacial score (nSPS) is 21.6. The van der Waals surface area contributed by atoms with Crippen LogP contribution in [0.5, 0.6) is 5.75 Å². The Morgan fingerprint density at radius 2 is 1.79 bits per heavy atom. The molecule has 0 bridgehead atoms. The first kappa shape index (κ1) is 18.8. The molecule has 134 valence electrons. The highest BCUT2D eigenvalue weighted by Crippen LogP contribution is 2.27. The zero-order valence-electron chi connectivity index (χ0n) is 15.3. The van der Waals surface area contributed by atoms with Gasteiger partial charge in [0, 0.05) is 6.04 Å². The van der Waals surface area contributed by atoms with Gasteiger partial charge >= 0.3 is 0 Å². The number of carbonyl (C=O) groups is 1. The van der Waals surface area contributed by atoms with Gasteiger partial charge in [-0.1, -0.05) is 26.0 Å². The first-order chi connectivity index (χ1) is 11.3. The molecule has 0 heterocycles. The number of rotatable bonds is 6. The monoisotopic (exact) mass is 333 g/mol. The van der Waals surface area contributed by atoms with Crippen molar-refractivity contribution in [2.24, 2.45) is 5.92 Å². The van der Waals surface area contributed by atoms with Crippen LogP contribution in [0.4, 0.5) is 0 Å². The Hall–Kier alpha value is -1.55. The highest BCUT2D eigenvalue weighted by molar-refractivity contribution is 5.87. The number of ether oxygens (including phenoxy) is 1. The molecule has 1 aromatic carbocycles. The van der Waals surface area contributed by atoms with Gasteiger partial charge in [-0.25, -0.2) is 0 Å². The predicted molar refractivity (Wildman–Crippen MR) is 96.2 cm³/mol. The van der Waals surface area contributed by atoms with Crippen molar-refractivity contribution in [1.29, 1.82) is 0 Å². The maximum absolute atomic E-state index is 12.7. The highest BCUT2D eigenvalue weighted by Gasteiger charge is 2.32. The van der Waals surface area contributed by atoms with Crippen LogP contribution >= 0.6 is 0 Å². The molecule has 4 nitrogen and oxygen atoms in total. The lowest BCUT2D eigenvalue weighted by Crippen LogP contribution is -2.46. The van der Waals surface area contributed by atoms with E-state index in [1.54, 1.807) is 0 Å². The number of hydrogen-bond donors (Lipinski definition) is 2. The number of hydrogen-bond acceptors (Lipinski definition) is 3. The van der Waals surface area contributed by atoms with Crippen LogP contribution in [0.25, 0.3) is 0 Å². The smallest absolute Gasteiger partial charge is 0.230 e. The second-order valence-corrected chi connectivity index (χ2v) is 7.83. The van der Waals surface area contributed by atoms with Crippen LogP contribution in [0.3, 0.4) is 0 Å². The van der Waals surface area contributed by atoms with Gasteiger partial charge < -0.3 is 15.2 Å². The average Bonchev–Trinajstić information content (AvgIpc) is 2.55. The summed E-state index contributed by atoms with van der Waals surface area (Å²) < 4.78 is 5.70. The molecular weight excluding hydrogens is 302 g/mol. The Kier molecular flexibility index (Phi) is 6.27. The summed E-state index contributed by atoms with van der Waals surface area (Å²) in [4.78, 5) is 12.7. The third-order valence-electron chi connectivity index (χ3n) is 4.76. The summed E-state index contributed by atoms with van der Waals surface area (Å²) in [5.74, 6) is 1.37. The van der Waals surface area contributed by atoms with E-state index in [9.17, 15) is 9.90 Å². The number of carbonyl (C=O) groups excluding carboxylic acids is 1. The molecule has 2 rings (SSSR count). The van der Waals surface area contributed by atoms with Crippen LogP contribution < -0.4 is 10.1 Å². The molecule has 0 saturated heterocycles. The largest absolute Gasteiger partial charge is 0.493 e. The summed E-state index contributed by atoms with van der Waals surface area (Å²) in [6.45, 7) is 8.82. The van der Waals surface area contributed by atoms with E-state index in [0.29, 0.717) is 12.5 Å². The molecule has 0 aliphatic heterocycles. The Bertz CT molecular complexity index is 528. The first-order valence-electron chi connectivity index (χ1n) is 9.01. The van der Waals surface area contributed by atoms with E-state index < -0.39 is 5.41 Å². The quantitative estimate of drug-likeness (QED) is 0.838. The third-order valence-corrected chi connectivity index (χ3v) is 4.76. The highest BCUT2D eigenvalue weighted by atomic mass is 16.5. The number of aliphatic hydroxyl groups excluding tert-OH is 1. The molecule has 4 heteroatoms. The van der Waals surface area contributed by atoms with Gasteiger partial charge in [-0.15, -0.1) is 0 Å². The van der Waals surface area contributed by atoms with E-state index >= 15 is 0 Å². The fourth-order valence-electron chi connectivity index (χ4n) is 2.95. The molecule has 0 atom stereocenters. The molecule has 0 radical (unpaired) electrons. The van der Waals surface area contributed by atoms with Crippen molar-refractivity contribution in [2.45, 2.75) is 70.9 Å². The van der Waals surface area contributed by atoms with Crippen molar-refractivity contribution < 1.29 is 14.6 Å². The maximum atomic E-state index is 12.7. The summed E-state index contributed by atoms with van der Waals surface area (Å²) in [6.07, 6.45) is 3.04. The topological polar surface area (TPSA) is 58.6 Å². The van der Waals surface area contributed by atoms with Crippen molar-refractivity contribution >= 4 is 5.91 Å². The molecule has 1 aromatic rings. The van der Waals surface area contributed by atoms with Gasteiger partial charge in [0.05, 0.1) is 18.1 Å². The Morgan fingerprint density at radius 3 is 2.33 bits per heavy atom. The van der Waals surface area contributed by atoms with Gasteiger partial charge in [0.1, 0.15) is 5.75 Å². The first-order valence-corrected chi connectivity index (χ1v) is 9.01. The molecule has 1 amide bonds. The number of nitrogens with one attached hydrogen (secondary N) is 1. The van der Waals surface area contributed by atoms with Gasteiger partial charge in [-0.3, -0.25) is 4.79 Å². The lowest BCUT2D eigenvalue weighted by molar-refractivity contribution is -0.126. The van der Waals surface area contributed by atoms with Gasteiger partial charge in [-0.2, -0.15) is 0 Å². The lowest BCUT2D eigenvalue weighted by atomic mass is 9.82. The Labute approximate surface area is 145 Å². The van der Waals surface area contributed by atoms with E-state index in [4.69, 9.17) is 4.74 Å². The molecule has 1 aliphatic carbocycles. The molecular formula is C20H31NO3. The SMILES string of the molecule is CC(C)COc1ccc(C(C)(C)C(=O)NC2CCC(O)CC2)cc1. The van der Waals surface area contributed by atoms with Crippen LogP contribution in [0.1, 0.15) is 58.9 Å². The molecule has 0 spiro atoms. The van der Waals surface area contributed by atoms with Crippen molar-refractivity contribution in [3.05, 3.63) is 29.8 Å². The molecule has 0 aromatic heterocycles. The third kappa shape index (κ3) is 4.97. The molecule has 24 heavy (non-hydrogen) atoms. The zero-order chi connectivity index (χ0) is 17.7. The number of aliphatic hydroxyl groups is 1. The van der Waals surface area contributed by atoms with Gasteiger partial charge in [0.2, 0.25) is 5.91 Å². The minimum atomic E-state index is -0.591. The van der Waals surface area contributed by atoms with E-state index in [-0.39, 0.29) is 18.1 Å². The summed E-state index contributed by atoms with van der Waals surface area (Å²) in [6, 6.07) is 7.99. The lowest BCUT2D eigenvalue weighted by Gasteiger charge is -2.31. The Morgan fingerprint density at radius 1 is 1.21 bits per heavy atom. The van der Waals surface area contributed by atoms with Crippen LogP contribution in [0, 0.1) is 5.92 Å². The maximum Gasteiger partial charge on any atom is 0.230 e. The van der Waals surface area contributed by atoms with Crippen LogP contribution in [0.15, 0.2) is 24.3 Å². The second-order valence-electron chi connectivity index (χ2n) is 7.83. The minimum absolute atomic E-state index is 0.0414. The Balaban J connectivity index is 1.96. The summed E-state index contributed by atoms with van der Waals surface area (Å²) >= 11 is 0. The number of amides is 1. The van der Waals surface area contributed by atoms with Gasteiger partial charge in [0.15, 0.2) is 0 Å². The van der Waals surface area contributed by atoms with E-state index in [1.165, 1.54) is 0 Å². The molecule has 1 aliphatic rings. The number of benzene rings is 1. The van der Waals surface area contributed by atoms with Crippen LogP contribution in [0.2, 0.25) is 0 Å². The average molecular weight is 333 g/mol. The molecule has 1 saturated carbocycles. The summed E-state index contributed by atoms with van der Waals surface area (Å²) in [5.41, 5.74) is 0.389. The van der Waals surface area contributed by atoms with Crippen molar-refractivity contribution in [2.75, 3.05) is 6.61 Å². The second kappa shape index (κ2) is 8.02. The molecule has 1 fully saturated rings. The van der Waals surface area contributed by atoms with E-state index in [2.05, 4.69) is 19.2 Å². The van der Waals surface area contributed by atoms with Gasteiger partial charge in [-0.05, 0) is 63.1 Å². The molecule has 0 unspecified atom stereocenters. The zero-order valence-corrected chi connectivity index (χ0v) is 15.3. The fourth-order valence-corrected chi connectivity index (χ4v) is 2.95. The van der Waals surface area contributed by atoms with Crippen molar-refractivity contribution in [3.63, 3.8) is 0 Å². The fraction of sp³-hybridized carbons (Fsp3) is 0.650. The van der Waals surface area contributed by atoms with Crippen LogP contribution in [-0.4, -0.2) is 29.8 Å². The predicted octanol–water partition coefficient (Wildman–Crippen LogP) is 3.42.